The van der Waals surface area contributed by atoms with Gasteiger partial charge in [-0.25, -0.2) is 0 Å². The number of amides is 2. The van der Waals surface area contributed by atoms with Gasteiger partial charge in [-0.3, -0.25) is 9.59 Å². The van der Waals surface area contributed by atoms with Crippen LogP contribution in [0.25, 0.3) is 5.69 Å². The molecule has 0 saturated heterocycles. The lowest BCUT2D eigenvalue weighted by atomic mass is 9.95. The smallest absolute Gasteiger partial charge is 0.251 e. The van der Waals surface area contributed by atoms with Crippen molar-refractivity contribution in [3.8, 4) is 5.69 Å². The maximum Gasteiger partial charge on any atom is 0.251 e. The third-order valence-corrected chi connectivity index (χ3v) is 6.86. The monoisotopic (exact) mass is 448 g/mol. The van der Waals surface area contributed by atoms with Gasteiger partial charge in [0.05, 0.1) is 17.0 Å². The largest absolute Gasteiger partial charge is 0.365 e. The Morgan fingerprint density at radius 3 is 2.93 bits per heavy atom. The summed E-state index contributed by atoms with van der Waals surface area (Å²) in [6.45, 7) is 0. The summed E-state index contributed by atoms with van der Waals surface area (Å²) < 4.78 is 1.52. The van der Waals surface area contributed by atoms with E-state index in [0.717, 1.165) is 36.1 Å². The average molecular weight is 449 g/mol. The second-order valence-corrected chi connectivity index (χ2v) is 8.95. The van der Waals surface area contributed by atoms with E-state index in [1.807, 2.05) is 6.07 Å². The molecule has 2 aromatic heterocycles. The lowest BCUT2D eigenvalue weighted by Gasteiger charge is -2.11. The molecular weight excluding hydrogens is 432 g/mol. The number of nitrogens with two attached hydrogens (primary N) is 1. The van der Waals surface area contributed by atoms with E-state index >= 15 is 0 Å². The van der Waals surface area contributed by atoms with Crippen LogP contribution in [0.15, 0.2) is 29.4 Å². The fourth-order valence-corrected chi connectivity index (χ4v) is 5.43. The molecule has 150 valence electrons. The molecule has 0 unspecified atom stereocenters. The molecule has 0 fully saturated rings. The van der Waals surface area contributed by atoms with E-state index in [1.54, 1.807) is 18.2 Å². The van der Waals surface area contributed by atoms with Gasteiger partial charge in [-0.1, -0.05) is 29.4 Å². The molecule has 29 heavy (non-hydrogen) atoms. The highest BCUT2D eigenvalue weighted by atomic mass is 35.5. The second-order valence-electron chi connectivity index (χ2n) is 6.47. The molecule has 11 heteroatoms. The van der Waals surface area contributed by atoms with Crippen molar-refractivity contribution in [1.29, 1.82) is 0 Å². The summed E-state index contributed by atoms with van der Waals surface area (Å²) in [4.78, 5) is 25.6. The first-order valence-electron chi connectivity index (χ1n) is 8.94. The SMILES string of the molecule is NC(=O)c1c(NC(=O)CSc2nnnn2-c2cccc(Cl)c2)sc2c1CCCC2. The van der Waals surface area contributed by atoms with Crippen molar-refractivity contribution in [2.24, 2.45) is 5.73 Å². The fourth-order valence-electron chi connectivity index (χ4n) is 3.25. The van der Waals surface area contributed by atoms with Gasteiger partial charge in [0, 0.05) is 9.90 Å². The standard InChI is InChI=1S/C18H17ClN6O2S2/c19-10-4-3-5-11(8-10)25-18(22-23-24-25)28-9-14(26)21-17-15(16(20)27)12-6-1-2-7-13(12)29-17/h3-5,8H,1-2,6-7,9H2,(H2,20,27)(H,21,26). The summed E-state index contributed by atoms with van der Waals surface area (Å²) in [5.74, 6) is -0.671. The van der Waals surface area contributed by atoms with E-state index in [1.165, 1.54) is 27.8 Å². The van der Waals surface area contributed by atoms with Crippen LogP contribution in [0.2, 0.25) is 5.02 Å². The number of nitrogens with zero attached hydrogens (tertiary/aromatic N) is 4. The van der Waals surface area contributed by atoms with E-state index in [2.05, 4.69) is 20.8 Å². The number of carbonyl (C=O) groups is 2. The molecule has 0 atom stereocenters. The van der Waals surface area contributed by atoms with Crippen LogP contribution in [0.5, 0.6) is 0 Å². The summed E-state index contributed by atoms with van der Waals surface area (Å²) >= 11 is 8.66. The molecule has 8 nitrogen and oxygen atoms in total. The first-order chi connectivity index (χ1) is 14.0. The molecule has 4 rings (SSSR count). The number of halogens is 1. The second kappa shape index (κ2) is 8.52. The highest BCUT2D eigenvalue weighted by Crippen LogP contribution is 2.38. The first kappa shape index (κ1) is 19.9. The van der Waals surface area contributed by atoms with Gasteiger partial charge in [0.15, 0.2) is 0 Å². The van der Waals surface area contributed by atoms with Crippen LogP contribution in [0, 0.1) is 0 Å². The van der Waals surface area contributed by atoms with E-state index in [4.69, 9.17) is 17.3 Å². The van der Waals surface area contributed by atoms with Crippen LogP contribution in [0.4, 0.5) is 5.00 Å². The van der Waals surface area contributed by atoms with Crippen LogP contribution in [0.3, 0.4) is 0 Å². The number of aromatic nitrogens is 4. The number of hydrogen-bond donors (Lipinski definition) is 2. The van der Waals surface area contributed by atoms with E-state index in [-0.39, 0.29) is 11.7 Å². The summed E-state index contributed by atoms with van der Waals surface area (Å²) in [6.07, 6.45) is 3.85. The van der Waals surface area contributed by atoms with Crippen LogP contribution >= 0.6 is 34.7 Å². The molecule has 3 N–H and O–H groups in total. The topological polar surface area (TPSA) is 116 Å². The number of hydrogen-bond acceptors (Lipinski definition) is 7. The number of aryl methyl sites for hydroxylation is 1. The van der Waals surface area contributed by atoms with Gasteiger partial charge in [-0.15, -0.1) is 16.4 Å². The van der Waals surface area contributed by atoms with Gasteiger partial charge >= 0.3 is 0 Å². The minimum absolute atomic E-state index is 0.0850. The number of thioether (sulfide) groups is 1. The Balaban J connectivity index is 1.47. The molecule has 0 bridgehead atoms. The van der Waals surface area contributed by atoms with Crippen LogP contribution in [0.1, 0.15) is 33.6 Å². The van der Waals surface area contributed by atoms with Crippen LogP contribution in [-0.2, 0) is 17.6 Å². The Bertz CT molecular complexity index is 1080. The zero-order valence-corrected chi connectivity index (χ0v) is 17.6. The number of rotatable bonds is 6. The number of primary amides is 1. The highest BCUT2D eigenvalue weighted by Gasteiger charge is 2.25. The zero-order valence-electron chi connectivity index (χ0n) is 15.2. The normalized spacial score (nSPS) is 13.1. The highest BCUT2D eigenvalue weighted by molar-refractivity contribution is 7.99. The maximum absolute atomic E-state index is 12.5. The van der Waals surface area contributed by atoms with Crippen molar-refractivity contribution in [3.63, 3.8) is 0 Å². The van der Waals surface area contributed by atoms with Crippen molar-refractivity contribution in [1.82, 2.24) is 20.2 Å². The van der Waals surface area contributed by atoms with Gasteiger partial charge in [-0.05, 0) is 59.9 Å². The lowest BCUT2D eigenvalue weighted by Crippen LogP contribution is -2.19. The Kier molecular flexibility index (Phi) is 5.84. The number of nitrogens with one attached hydrogen (secondary N) is 1. The fraction of sp³-hybridized carbons (Fsp3) is 0.278. The number of carbonyl (C=O) groups excluding carboxylic acids is 2. The quantitative estimate of drug-likeness (QED) is 0.560. The van der Waals surface area contributed by atoms with Crippen molar-refractivity contribution >= 4 is 51.5 Å². The van der Waals surface area contributed by atoms with Crippen molar-refractivity contribution in [2.45, 2.75) is 30.8 Å². The third-order valence-electron chi connectivity index (χ3n) is 4.50. The molecule has 2 amide bonds. The Hall–Kier alpha value is -2.43. The molecule has 1 aliphatic rings. The number of fused-ring (bicyclic) bond motifs is 1. The third kappa shape index (κ3) is 4.29. The van der Waals surface area contributed by atoms with E-state index < -0.39 is 5.91 Å². The number of thiophene rings is 1. The van der Waals surface area contributed by atoms with Gasteiger partial charge in [0.2, 0.25) is 11.1 Å². The number of tetrazole rings is 1. The summed E-state index contributed by atoms with van der Waals surface area (Å²) in [5, 5.41) is 16.0. The predicted molar refractivity (Wildman–Crippen MR) is 113 cm³/mol. The molecular formula is C18H17ClN6O2S2. The summed E-state index contributed by atoms with van der Waals surface area (Å²) in [7, 11) is 0. The average Bonchev–Trinajstić information content (AvgIpc) is 3.30. The molecule has 3 aromatic rings. The van der Waals surface area contributed by atoms with Gasteiger partial charge in [-0.2, -0.15) is 4.68 Å². The van der Waals surface area contributed by atoms with Crippen molar-refractivity contribution in [2.75, 3.05) is 11.1 Å². The van der Waals surface area contributed by atoms with Crippen LogP contribution in [-0.4, -0.2) is 37.8 Å². The van der Waals surface area contributed by atoms with Gasteiger partial charge in [0.1, 0.15) is 5.00 Å². The van der Waals surface area contributed by atoms with E-state index in [0.29, 0.717) is 26.4 Å². The summed E-state index contributed by atoms with van der Waals surface area (Å²) in [6, 6.07) is 7.11. The van der Waals surface area contributed by atoms with Crippen molar-refractivity contribution in [3.05, 3.63) is 45.3 Å². The Morgan fingerprint density at radius 2 is 2.14 bits per heavy atom. The van der Waals surface area contributed by atoms with Gasteiger partial charge in [0.25, 0.3) is 5.91 Å². The van der Waals surface area contributed by atoms with Crippen molar-refractivity contribution < 1.29 is 9.59 Å². The zero-order chi connectivity index (χ0) is 20.4. The van der Waals surface area contributed by atoms with Gasteiger partial charge < -0.3 is 11.1 Å². The number of benzene rings is 1. The minimum atomic E-state index is -0.503. The summed E-state index contributed by atoms with van der Waals surface area (Å²) in [5.41, 5.74) is 7.72. The van der Waals surface area contributed by atoms with Crippen LogP contribution < -0.4 is 11.1 Å². The maximum atomic E-state index is 12.5. The molecule has 0 aliphatic heterocycles. The lowest BCUT2D eigenvalue weighted by molar-refractivity contribution is -0.113. The molecule has 0 spiro atoms. The molecule has 1 aromatic carbocycles. The first-order valence-corrected chi connectivity index (χ1v) is 11.1. The molecule has 1 aliphatic carbocycles. The predicted octanol–water partition coefficient (Wildman–Crippen LogP) is 3.09. The Morgan fingerprint density at radius 1 is 1.31 bits per heavy atom. The van der Waals surface area contributed by atoms with E-state index in [9.17, 15) is 9.59 Å². The molecule has 2 heterocycles. The molecule has 0 radical (unpaired) electrons. The number of anilines is 1. The molecule has 0 saturated carbocycles. The minimum Gasteiger partial charge on any atom is -0.365 e. The Labute approximate surface area is 179 Å².